The molecule has 0 saturated carbocycles. The number of hydrogen-bond acceptors (Lipinski definition) is 6. The van der Waals surface area contributed by atoms with Crippen molar-refractivity contribution in [3.05, 3.63) is 158 Å². The molecule has 0 radical (unpaired) electrons. The molecule has 0 aliphatic heterocycles. The summed E-state index contributed by atoms with van der Waals surface area (Å²) in [5.74, 6) is 1.79. The molecule has 50 heavy (non-hydrogen) atoms. The van der Waals surface area contributed by atoms with Crippen LogP contribution in [0.3, 0.4) is 0 Å². The molecule has 0 atom stereocenters. The molecule has 0 fully saturated rings. The van der Waals surface area contributed by atoms with Crippen LogP contribution >= 0.6 is 11.3 Å². The number of hydrogen-bond donors (Lipinski definition) is 0. The Hall–Kier alpha value is -6.50. The van der Waals surface area contributed by atoms with Crippen molar-refractivity contribution in [3.8, 4) is 55.9 Å². The van der Waals surface area contributed by atoms with Gasteiger partial charge in [0, 0.05) is 33.5 Å². The maximum Gasteiger partial charge on any atom is 0.166 e. The highest BCUT2D eigenvalue weighted by Gasteiger charge is 2.23. The summed E-state index contributed by atoms with van der Waals surface area (Å²) in [5.41, 5.74) is 8.58. The Morgan fingerprint density at radius 2 is 1.00 bits per heavy atom. The Balaban J connectivity index is 1.22. The number of para-hydroxylation sites is 1. The average molecular weight is 659 g/mol. The van der Waals surface area contributed by atoms with Crippen LogP contribution in [0.25, 0.3) is 98.8 Å². The summed E-state index contributed by atoms with van der Waals surface area (Å²) >= 11 is 1.65. The Morgan fingerprint density at radius 3 is 1.74 bits per heavy atom. The highest BCUT2D eigenvalue weighted by atomic mass is 32.1. The lowest BCUT2D eigenvalue weighted by molar-refractivity contribution is 0.669. The zero-order chi connectivity index (χ0) is 33.0. The molecule has 0 bridgehead atoms. The van der Waals surface area contributed by atoms with Gasteiger partial charge in [0.15, 0.2) is 17.5 Å². The van der Waals surface area contributed by atoms with E-state index in [1.165, 1.54) is 11.1 Å². The zero-order valence-corrected chi connectivity index (χ0v) is 27.4. The van der Waals surface area contributed by atoms with Crippen LogP contribution in [0.4, 0.5) is 0 Å². The van der Waals surface area contributed by atoms with Crippen LogP contribution in [0, 0.1) is 0 Å². The van der Waals surface area contributed by atoms with Gasteiger partial charge in [-0.2, -0.15) is 0 Å². The normalized spacial score (nSPS) is 11.6. The van der Waals surface area contributed by atoms with E-state index in [2.05, 4.69) is 78.9 Å². The van der Waals surface area contributed by atoms with Gasteiger partial charge in [-0.25, -0.2) is 19.9 Å². The van der Waals surface area contributed by atoms with Crippen molar-refractivity contribution in [2.75, 3.05) is 0 Å². The van der Waals surface area contributed by atoms with E-state index in [1.54, 1.807) is 11.3 Å². The van der Waals surface area contributed by atoms with Gasteiger partial charge in [-0.1, -0.05) is 133 Å². The standard InChI is InChI=1S/C44H26N4OS/c1-4-12-27(13-5-1)30-20-21-32-25-33(23-22-31(32)24-30)42-46-41(28-14-6-2-7-15-28)47-43(48-42)39-38-34-18-10-11-19-36(34)49-37(38)26-35-40(39)50-44(45-35)29-16-8-3-9-17-29/h1-26H. The molecule has 3 aromatic heterocycles. The molecule has 6 heteroatoms. The highest BCUT2D eigenvalue weighted by Crippen LogP contribution is 2.45. The Labute approximate surface area is 291 Å². The van der Waals surface area contributed by atoms with Crippen molar-refractivity contribution in [1.29, 1.82) is 0 Å². The number of thiazole rings is 1. The lowest BCUT2D eigenvalue weighted by Gasteiger charge is -2.11. The molecule has 10 rings (SSSR count). The van der Waals surface area contributed by atoms with Crippen LogP contribution in [0.2, 0.25) is 0 Å². The summed E-state index contributed by atoms with van der Waals surface area (Å²) in [7, 11) is 0. The van der Waals surface area contributed by atoms with E-state index in [0.29, 0.717) is 17.5 Å². The predicted octanol–water partition coefficient (Wildman–Crippen LogP) is 11.9. The van der Waals surface area contributed by atoms with Crippen LogP contribution in [-0.2, 0) is 0 Å². The van der Waals surface area contributed by atoms with Crippen LogP contribution < -0.4 is 0 Å². The fraction of sp³-hybridized carbons (Fsp3) is 0. The number of rotatable bonds is 5. The number of nitrogens with zero attached hydrogens (tertiary/aromatic N) is 4. The van der Waals surface area contributed by atoms with Crippen molar-refractivity contribution in [3.63, 3.8) is 0 Å². The molecule has 0 saturated heterocycles. The van der Waals surface area contributed by atoms with E-state index in [1.807, 2.05) is 78.9 Å². The summed E-state index contributed by atoms with van der Waals surface area (Å²) in [5, 5.41) is 5.19. The smallest absolute Gasteiger partial charge is 0.166 e. The zero-order valence-electron chi connectivity index (χ0n) is 26.6. The van der Waals surface area contributed by atoms with Crippen LogP contribution in [-0.4, -0.2) is 19.9 Å². The maximum absolute atomic E-state index is 6.45. The Kier molecular flexibility index (Phi) is 6.60. The first-order valence-electron chi connectivity index (χ1n) is 16.5. The first-order valence-corrected chi connectivity index (χ1v) is 17.3. The molecule has 0 unspecified atom stereocenters. The van der Waals surface area contributed by atoms with Gasteiger partial charge in [-0.15, -0.1) is 11.3 Å². The third kappa shape index (κ3) is 4.85. The molecule has 0 spiro atoms. The van der Waals surface area contributed by atoms with Gasteiger partial charge in [0.25, 0.3) is 0 Å². The number of aromatic nitrogens is 4. The number of fused-ring (bicyclic) bond motifs is 5. The second-order valence-electron chi connectivity index (χ2n) is 12.3. The molecule has 0 aliphatic carbocycles. The summed E-state index contributed by atoms with van der Waals surface area (Å²) < 4.78 is 7.46. The lowest BCUT2D eigenvalue weighted by atomic mass is 10.00. The predicted molar refractivity (Wildman–Crippen MR) is 205 cm³/mol. The van der Waals surface area contributed by atoms with Gasteiger partial charge in [-0.3, -0.25) is 0 Å². The number of furan rings is 1. The van der Waals surface area contributed by atoms with Crippen molar-refractivity contribution in [2.45, 2.75) is 0 Å². The maximum atomic E-state index is 6.45. The molecule has 0 amide bonds. The van der Waals surface area contributed by atoms with Gasteiger partial charge in [0.2, 0.25) is 0 Å². The fourth-order valence-corrected chi connectivity index (χ4v) is 7.81. The minimum atomic E-state index is 0.582. The first-order chi connectivity index (χ1) is 24.7. The highest BCUT2D eigenvalue weighted by molar-refractivity contribution is 7.22. The Bertz CT molecular complexity index is 2860. The van der Waals surface area contributed by atoms with E-state index in [4.69, 9.17) is 24.4 Å². The molecule has 7 aromatic carbocycles. The van der Waals surface area contributed by atoms with Crippen molar-refractivity contribution >= 4 is 54.3 Å². The topological polar surface area (TPSA) is 64.7 Å². The van der Waals surface area contributed by atoms with Crippen molar-refractivity contribution in [1.82, 2.24) is 19.9 Å². The van der Waals surface area contributed by atoms with Gasteiger partial charge >= 0.3 is 0 Å². The summed E-state index contributed by atoms with van der Waals surface area (Å²) in [6.07, 6.45) is 0. The van der Waals surface area contributed by atoms with E-state index in [9.17, 15) is 0 Å². The third-order valence-electron chi connectivity index (χ3n) is 9.14. The fourth-order valence-electron chi connectivity index (χ4n) is 6.72. The first kappa shape index (κ1) is 28.5. The van der Waals surface area contributed by atoms with E-state index in [0.717, 1.165) is 70.2 Å². The molecular weight excluding hydrogens is 633 g/mol. The van der Waals surface area contributed by atoms with Crippen molar-refractivity contribution in [2.24, 2.45) is 0 Å². The van der Waals surface area contributed by atoms with Crippen molar-refractivity contribution < 1.29 is 4.42 Å². The van der Waals surface area contributed by atoms with Gasteiger partial charge in [-0.05, 0) is 40.1 Å². The minimum Gasteiger partial charge on any atom is -0.456 e. The summed E-state index contributed by atoms with van der Waals surface area (Å²) in [6.45, 7) is 0. The quantitative estimate of drug-likeness (QED) is 0.184. The minimum absolute atomic E-state index is 0.582. The molecule has 3 heterocycles. The van der Waals surface area contributed by atoms with Crippen LogP contribution in [0.15, 0.2) is 162 Å². The monoisotopic (exact) mass is 658 g/mol. The largest absolute Gasteiger partial charge is 0.456 e. The molecule has 234 valence electrons. The second-order valence-corrected chi connectivity index (χ2v) is 13.3. The molecule has 5 nitrogen and oxygen atoms in total. The van der Waals surface area contributed by atoms with Gasteiger partial charge < -0.3 is 4.42 Å². The average Bonchev–Trinajstić information content (AvgIpc) is 3.79. The van der Waals surface area contributed by atoms with E-state index < -0.39 is 0 Å². The van der Waals surface area contributed by atoms with Gasteiger partial charge in [0.05, 0.1) is 15.8 Å². The Morgan fingerprint density at radius 1 is 0.420 bits per heavy atom. The summed E-state index contributed by atoms with van der Waals surface area (Å²) in [4.78, 5) is 20.6. The van der Waals surface area contributed by atoms with Crippen LogP contribution in [0.5, 0.6) is 0 Å². The second kappa shape index (κ2) is 11.6. The lowest BCUT2D eigenvalue weighted by Crippen LogP contribution is -2.00. The molecule has 10 aromatic rings. The van der Waals surface area contributed by atoms with Gasteiger partial charge in [0.1, 0.15) is 16.2 Å². The SMILES string of the molecule is c1ccc(-c2ccc3cc(-c4nc(-c5ccccc5)nc(-c5c6sc(-c7ccccc7)nc6cc6oc7ccccc7c56)n4)ccc3c2)cc1. The van der Waals surface area contributed by atoms with E-state index in [-0.39, 0.29) is 0 Å². The van der Waals surface area contributed by atoms with E-state index >= 15 is 0 Å². The molecule has 0 N–H and O–H groups in total. The van der Waals surface area contributed by atoms with Crippen LogP contribution in [0.1, 0.15) is 0 Å². The number of benzene rings is 7. The molecule has 0 aliphatic rings. The summed E-state index contributed by atoms with van der Waals surface area (Å²) in [6, 6.07) is 54.0. The third-order valence-corrected chi connectivity index (χ3v) is 10.3. The molecular formula is C44H26N4OS.